The number of aromatic nitrogens is 4. The van der Waals surface area contributed by atoms with Gasteiger partial charge in [-0.05, 0) is 19.3 Å². The van der Waals surface area contributed by atoms with Crippen LogP contribution >= 0.6 is 0 Å². The van der Waals surface area contributed by atoms with Crippen LogP contribution < -0.4 is 15.1 Å². The van der Waals surface area contributed by atoms with Crippen molar-refractivity contribution in [2.24, 2.45) is 0 Å². The number of halogens is 1. The average molecular weight is 357 g/mol. The molecule has 2 aromatic heterocycles. The molecule has 0 aromatic carbocycles. The Bertz CT molecular complexity index is 778. The summed E-state index contributed by atoms with van der Waals surface area (Å²) in [5, 5.41) is 3.43. The van der Waals surface area contributed by atoms with E-state index in [9.17, 15) is 4.39 Å². The quantitative estimate of drug-likeness (QED) is 0.881. The van der Waals surface area contributed by atoms with Gasteiger partial charge < -0.3 is 15.1 Å². The third-order valence-electron chi connectivity index (χ3n) is 5.24. The second kappa shape index (κ2) is 7.01. The predicted octanol–water partition coefficient (Wildman–Crippen LogP) is 2.43. The van der Waals surface area contributed by atoms with Crippen molar-refractivity contribution in [1.82, 2.24) is 19.9 Å². The van der Waals surface area contributed by atoms with Crippen LogP contribution in [-0.4, -0.2) is 53.2 Å². The molecular weight excluding hydrogens is 333 g/mol. The van der Waals surface area contributed by atoms with Gasteiger partial charge >= 0.3 is 0 Å². The monoisotopic (exact) mass is 357 g/mol. The maximum absolute atomic E-state index is 14.9. The molecule has 2 aliphatic rings. The molecule has 3 heterocycles. The molecule has 0 amide bonds. The van der Waals surface area contributed by atoms with E-state index in [0.717, 1.165) is 43.9 Å². The summed E-state index contributed by atoms with van der Waals surface area (Å²) in [6.07, 6.45) is 7.18. The number of rotatable bonds is 5. The van der Waals surface area contributed by atoms with E-state index in [2.05, 4.69) is 25.3 Å². The van der Waals surface area contributed by atoms with Gasteiger partial charge in [0.2, 0.25) is 0 Å². The molecule has 0 radical (unpaired) electrons. The lowest BCUT2D eigenvalue weighted by atomic mass is 9.82. The zero-order valence-electron chi connectivity index (χ0n) is 15.2. The summed E-state index contributed by atoms with van der Waals surface area (Å²) in [6.45, 7) is 1.46. The van der Waals surface area contributed by atoms with Gasteiger partial charge in [0.15, 0.2) is 11.6 Å². The summed E-state index contributed by atoms with van der Waals surface area (Å²) in [7, 11) is 3.89. The number of hydrogen-bond donors (Lipinski definition) is 1. The summed E-state index contributed by atoms with van der Waals surface area (Å²) < 4.78 is 14.9. The van der Waals surface area contributed by atoms with Crippen molar-refractivity contribution < 1.29 is 4.39 Å². The van der Waals surface area contributed by atoms with Crippen molar-refractivity contribution in [3.8, 4) is 0 Å². The molecule has 1 unspecified atom stereocenters. The lowest BCUT2D eigenvalue weighted by Gasteiger charge is -2.26. The zero-order chi connectivity index (χ0) is 18.1. The van der Waals surface area contributed by atoms with Gasteiger partial charge in [0, 0.05) is 45.2 Å². The molecule has 2 fully saturated rings. The van der Waals surface area contributed by atoms with Gasteiger partial charge in [-0.1, -0.05) is 6.42 Å². The number of hydrogen-bond acceptors (Lipinski definition) is 7. The summed E-state index contributed by atoms with van der Waals surface area (Å²) in [5.74, 6) is 2.09. The minimum atomic E-state index is -0.241. The van der Waals surface area contributed by atoms with Crippen LogP contribution in [0.2, 0.25) is 0 Å². The third kappa shape index (κ3) is 3.27. The predicted molar refractivity (Wildman–Crippen MR) is 99.2 cm³/mol. The molecule has 138 valence electrons. The summed E-state index contributed by atoms with van der Waals surface area (Å²) in [4.78, 5) is 20.9. The van der Waals surface area contributed by atoms with Gasteiger partial charge in [-0.2, -0.15) is 0 Å². The maximum Gasteiger partial charge on any atom is 0.187 e. The molecule has 0 spiro atoms. The Morgan fingerprint density at radius 3 is 2.65 bits per heavy atom. The highest BCUT2D eigenvalue weighted by atomic mass is 19.1. The zero-order valence-corrected chi connectivity index (χ0v) is 15.2. The van der Waals surface area contributed by atoms with Crippen LogP contribution in [0.25, 0.3) is 0 Å². The molecule has 7 nitrogen and oxygen atoms in total. The van der Waals surface area contributed by atoms with Crippen molar-refractivity contribution in [1.29, 1.82) is 0 Å². The number of nitrogens with one attached hydrogen (secondary N) is 1. The van der Waals surface area contributed by atoms with Gasteiger partial charge in [-0.3, -0.25) is 0 Å². The molecular formula is C18H24FN7. The second-order valence-electron chi connectivity index (χ2n) is 7.26. The highest BCUT2D eigenvalue weighted by Crippen LogP contribution is 2.38. The molecule has 2 aromatic rings. The lowest BCUT2D eigenvalue weighted by Crippen LogP contribution is -2.28. The molecule has 8 heteroatoms. The first-order valence-corrected chi connectivity index (χ1v) is 9.13. The summed E-state index contributed by atoms with van der Waals surface area (Å²) in [5.41, 5.74) is 0.587. The van der Waals surface area contributed by atoms with E-state index in [-0.39, 0.29) is 17.8 Å². The van der Waals surface area contributed by atoms with Gasteiger partial charge in [-0.25, -0.2) is 24.3 Å². The molecule has 1 aliphatic heterocycles. The first-order valence-electron chi connectivity index (χ1n) is 9.13. The van der Waals surface area contributed by atoms with Crippen LogP contribution in [-0.2, 0) is 0 Å². The van der Waals surface area contributed by atoms with Crippen LogP contribution in [0.3, 0.4) is 0 Å². The van der Waals surface area contributed by atoms with E-state index in [0.29, 0.717) is 18.1 Å². The van der Waals surface area contributed by atoms with Gasteiger partial charge in [-0.15, -0.1) is 0 Å². The molecule has 1 atom stereocenters. The fourth-order valence-corrected chi connectivity index (χ4v) is 3.51. The summed E-state index contributed by atoms with van der Waals surface area (Å²) >= 11 is 0. The molecule has 1 saturated heterocycles. The van der Waals surface area contributed by atoms with E-state index in [1.807, 2.05) is 30.0 Å². The Kier molecular flexibility index (Phi) is 4.57. The molecule has 26 heavy (non-hydrogen) atoms. The minimum absolute atomic E-state index is 0.196. The second-order valence-corrected chi connectivity index (χ2v) is 7.26. The minimum Gasteiger partial charge on any atom is -0.365 e. The Balaban J connectivity index is 1.45. The van der Waals surface area contributed by atoms with Crippen molar-refractivity contribution >= 4 is 17.5 Å². The van der Waals surface area contributed by atoms with E-state index in [1.165, 1.54) is 6.33 Å². The van der Waals surface area contributed by atoms with Crippen molar-refractivity contribution in [3.63, 3.8) is 0 Å². The topological polar surface area (TPSA) is 70.1 Å². The number of anilines is 3. The standard InChI is InChI=1S/C18H24FN7/c1-25(2)15-8-14(20-10-21-15)24-13-6-7-26(9-13)18-16(19)17(22-11-23-18)12-4-3-5-12/h8,10-13H,3-7,9H2,1-2H3,(H,20,21,24). The Hall–Kier alpha value is -2.51. The lowest BCUT2D eigenvalue weighted by molar-refractivity contribution is 0.392. The van der Waals surface area contributed by atoms with Crippen molar-refractivity contribution in [2.75, 3.05) is 42.3 Å². The molecule has 0 bridgehead atoms. The van der Waals surface area contributed by atoms with E-state index in [4.69, 9.17) is 0 Å². The normalized spacial score (nSPS) is 20.1. The highest BCUT2D eigenvalue weighted by Gasteiger charge is 2.30. The Labute approximate surface area is 152 Å². The Morgan fingerprint density at radius 1 is 1.12 bits per heavy atom. The van der Waals surface area contributed by atoms with Crippen LogP contribution in [0.5, 0.6) is 0 Å². The van der Waals surface area contributed by atoms with E-state index in [1.54, 1.807) is 6.33 Å². The number of nitrogens with zero attached hydrogens (tertiary/aromatic N) is 6. The van der Waals surface area contributed by atoms with Crippen molar-refractivity contribution in [3.05, 3.63) is 30.2 Å². The highest BCUT2D eigenvalue weighted by molar-refractivity contribution is 5.49. The Morgan fingerprint density at radius 2 is 1.92 bits per heavy atom. The van der Waals surface area contributed by atoms with E-state index >= 15 is 0 Å². The largest absolute Gasteiger partial charge is 0.365 e. The molecule has 1 N–H and O–H groups in total. The smallest absolute Gasteiger partial charge is 0.187 e. The van der Waals surface area contributed by atoms with Crippen LogP contribution in [0, 0.1) is 5.82 Å². The van der Waals surface area contributed by atoms with Crippen LogP contribution in [0.4, 0.5) is 21.8 Å². The van der Waals surface area contributed by atoms with Gasteiger partial charge in [0.05, 0.1) is 5.69 Å². The molecule has 1 saturated carbocycles. The first kappa shape index (κ1) is 16.9. The fraction of sp³-hybridized carbons (Fsp3) is 0.556. The van der Waals surface area contributed by atoms with Gasteiger partial charge in [0.25, 0.3) is 0 Å². The maximum atomic E-state index is 14.9. The molecule has 1 aliphatic carbocycles. The van der Waals surface area contributed by atoms with E-state index < -0.39 is 0 Å². The first-order chi connectivity index (χ1) is 12.6. The summed E-state index contributed by atoms with van der Waals surface area (Å²) in [6, 6.07) is 2.12. The SMILES string of the molecule is CN(C)c1cc(NC2CCN(c3ncnc(C4CCC4)c3F)C2)ncn1. The molecule has 4 rings (SSSR count). The average Bonchev–Trinajstić information content (AvgIpc) is 3.03. The van der Waals surface area contributed by atoms with Crippen molar-refractivity contribution in [2.45, 2.75) is 37.6 Å². The van der Waals surface area contributed by atoms with Crippen LogP contribution in [0.1, 0.15) is 37.3 Å². The fourth-order valence-electron chi connectivity index (χ4n) is 3.51. The third-order valence-corrected chi connectivity index (χ3v) is 5.24. The van der Waals surface area contributed by atoms with Gasteiger partial charge in [0.1, 0.15) is 24.3 Å². The van der Waals surface area contributed by atoms with Crippen LogP contribution in [0.15, 0.2) is 18.7 Å².